The van der Waals surface area contributed by atoms with Gasteiger partial charge in [-0.3, -0.25) is 9.59 Å². The zero-order valence-electron chi connectivity index (χ0n) is 15.7. The standard InChI is InChI=1S/C20H20ClNO5S/c1-12(27-16-6-4-5-15(21)10-16)20(25)26-11-18(24)14-7-8-19(28-3)17(9-14)22-13(2)23/h4-10,12H,11H2,1-3H3,(H,22,23). The van der Waals surface area contributed by atoms with Crippen molar-refractivity contribution < 1.29 is 23.9 Å². The van der Waals surface area contributed by atoms with Gasteiger partial charge in [-0.15, -0.1) is 11.8 Å². The first kappa shape index (κ1) is 21.8. The van der Waals surface area contributed by atoms with Crippen LogP contribution in [0.5, 0.6) is 5.75 Å². The van der Waals surface area contributed by atoms with E-state index < -0.39 is 18.7 Å². The van der Waals surface area contributed by atoms with Crippen molar-refractivity contribution in [1.82, 2.24) is 0 Å². The minimum absolute atomic E-state index is 0.238. The first-order valence-corrected chi connectivity index (χ1v) is 9.98. The lowest BCUT2D eigenvalue weighted by atomic mass is 10.1. The molecule has 1 unspecified atom stereocenters. The van der Waals surface area contributed by atoms with Gasteiger partial charge in [-0.2, -0.15) is 0 Å². The lowest BCUT2D eigenvalue weighted by Crippen LogP contribution is -2.28. The molecule has 8 heteroatoms. The Morgan fingerprint density at radius 2 is 1.93 bits per heavy atom. The quantitative estimate of drug-likeness (QED) is 0.390. The number of carbonyl (C=O) groups is 3. The van der Waals surface area contributed by atoms with Gasteiger partial charge in [-0.25, -0.2) is 4.79 Å². The zero-order chi connectivity index (χ0) is 20.7. The number of Topliss-reactive ketones (excluding diaryl/α,β-unsaturated/α-hetero) is 1. The van der Waals surface area contributed by atoms with Gasteiger partial charge in [0.1, 0.15) is 5.75 Å². The molecule has 1 amide bonds. The predicted octanol–water partition coefficient (Wildman–Crippen LogP) is 4.21. The molecule has 0 saturated heterocycles. The summed E-state index contributed by atoms with van der Waals surface area (Å²) in [4.78, 5) is 36.6. The zero-order valence-corrected chi connectivity index (χ0v) is 17.2. The molecule has 0 saturated carbocycles. The third kappa shape index (κ3) is 6.28. The average Bonchev–Trinajstić information content (AvgIpc) is 2.65. The molecule has 148 valence electrons. The van der Waals surface area contributed by atoms with Crippen LogP contribution in [0.25, 0.3) is 0 Å². The van der Waals surface area contributed by atoms with E-state index >= 15 is 0 Å². The molecule has 0 bridgehead atoms. The van der Waals surface area contributed by atoms with Gasteiger partial charge in [0.05, 0.1) is 5.69 Å². The van der Waals surface area contributed by atoms with E-state index in [0.29, 0.717) is 22.0 Å². The van der Waals surface area contributed by atoms with E-state index in [1.165, 1.54) is 25.6 Å². The minimum atomic E-state index is -0.903. The Kier molecular flexibility index (Phi) is 7.90. The Bertz CT molecular complexity index is 887. The second kappa shape index (κ2) is 10.1. The van der Waals surface area contributed by atoms with Gasteiger partial charge in [0.2, 0.25) is 5.91 Å². The molecule has 0 aromatic heterocycles. The fraction of sp³-hybridized carbons (Fsp3) is 0.250. The van der Waals surface area contributed by atoms with Gasteiger partial charge in [0.15, 0.2) is 18.5 Å². The van der Waals surface area contributed by atoms with Crippen LogP contribution in [-0.4, -0.2) is 36.6 Å². The van der Waals surface area contributed by atoms with Crippen LogP contribution in [0.1, 0.15) is 24.2 Å². The highest BCUT2D eigenvalue weighted by molar-refractivity contribution is 7.98. The summed E-state index contributed by atoms with van der Waals surface area (Å²) < 4.78 is 10.5. The molecule has 0 spiro atoms. The average molecular weight is 422 g/mol. The van der Waals surface area contributed by atoms with Gasteiger partial charge < -0.3 is 14.8 Å². The fourth-order valence-electron chi connectivity index (χ4n) is 2.30. The molecule has 1 atom stereocenters. The third-order valence-electron chi connectivity index (χ3n) is 3.62. The Morgan fingerprint density at radius 1 is 1.18 bits per heavy atom. The molecule has 0 radical (unpaired) electrons. The van der Waals surface area contributed by atoms with Crippen LogP contribution >= 0.6 is 23.4 Å². The second-order valence-electron chi connectivity index (χ2n) is 5.84. The highest BCUT2D eigenvalue weighted by Crippen LogP contribution is 2.26. The van der Waals surface area contributed by atoms with Crippen molar-refractivity contribution in [1.29, 1.82) is 0 Å². The Hall–Kier alpha value is -2.51. The molecule has 0 aliphatic rings. The van der Waals surface area contributed by atoms with E-state index in [-0.39, 0.29) is 11.7 Å². The van der Waals surface area contributed by atoms with Crippen molar-refractivity contribution in [3.63, 3.8) is 0 Å². The summed E-state index contributed by atoms with van der Waals surface area (Å²) in [5.74, 6) is -0.868. The number of ketones is 1. The predicted molar refractivity (Wildman–Crippen MR) is 109 cm³/mol. The number of rotatable bonds is 8. The Balaban J connectivity index is 1.97. The van der Waals surface area contributed by atoms with E-state index in [4.69, 9.17) is 21.1 Å². The maximum absolute atomic E-state index is 12.4. The number of esters is 1. The molecule has 2 aromatic carbocycles. The number of nitrogens with one attached hydrogen (secondary N) is 1. The highest BCUT2D eigenvalue weighted by Gasteiger charge is 2.19. The number of anilines is 1. The lowest BCUT2D eigenvalue weighted by Gasteiger charge is -2.14. The van der Waals surface area contributed by atoms with E-state index in [2.05, 4.69) is 5.32 Å². The van der Waals surface area contributed by atoms with Crippen molar-refractivity contribution in [3.05, 3.63) is 53.1 Å². The molecule has 0 fully saturated rings. The van der Waals surface area contributed by atoms with E-state index in [1.54, 1.807) is 42.5 Å². The van der Waals surface area contributed by atoms with Gasteiger partial charge in [0, 0.05) is 22.4 Å². The molecule has 6 nitrogen and oxygen atoms in total. The SMILES string of the molecule is CSc1ccc(C(=O)COC(=O)C(C)Oc2cccc(Cl)c2)cc1NC(C)=O. The first-order chi connectivity index (χ1) is 13.3. The van der Waals surface area contributed by atoms with Gasteiger partial charge in [0.25, 0.3) is 0 Å². The van der Waals surface area contributed by atoms with Crippen LogP contribution < -0.4 is 10.1 Å². The van der Waals surface area contributed by atoms with Crippen molar-refractivity contribution in [2.45, 2.75) is 24.8 Å². The molecule has 0 aliphatic heterocycles. The number of hydrogen-bond donors (Lipinski definition) is 1. The Labute approximate surface area is 172 Å². The molecular weight excluding hydrogens is 402 g/mol. The monoisotopic (exact) mass is 421 g/mol. The van der Waals surface area contributed by atoms with Crippen molar-refractivity contribution >= 4 is 46.7 Å². The minimum Gasteiger partial charge on any atom is -0.479 e. The van der Waals surface area contributed by atoms with Crippen molar-refractivity contribution in [2.75, 3.05) is 18.2 Å². The topological polar surface area (TPSA) is 81.7 Å². The summed E-state index contributed by atoms with van der Waals surface area (Å²) in [5.41, 5.74) is 0.868. The van der Waals surface area contributed by atoms with Crippen LogP contribution in [0.2, 0.25) is 5.02 Å². The molecule has 28 heavy (non-hydrogen) atoms. The van der Waals surface area contributed by atoms with Crippen molar-refractivity contribution in [2.24, 2.45) is 0 Å². The van der Waals surface area contributed by atoms with E-state index in [1.807, 2.05) is 6.26 Å². The van der Waals surface area contributed by atoms with Crippen LogP contribution in [0.15, 0.2) is 47.4 Å². The fourth-order valence-corrected chi connectivity index (χ4v) is 3.01. The maximum Gasteiger partial charge on any atom is 0.347 e. The number of carbonyl (C=O) groups excluding carboxylic acids is 3. The number of halogens is 1. The van der Waals surface area contributed by atoms with E-state index in [0.717, 1.165) is 4.90 Å². The number of benzene rings is 2. The molecular formula is C20H20ClNO5S. The number of thioether (sulfide) groups is 1. The summed E-state index contributed by atoms with van der Waals surface area (Å²) in [5, 5.41) is 3.17. The molecule has 2 rings (SSSR count). The van der Waals surface area contributed by atoms with Crippen molar-refractivity contribution in [3.8, 4) is 5.75 Å². The summed E-state index contributed by atoms with van der Waals surface area (Å²) in [6.07, 6.45) is 0.964. The van der Waals surface area contributed by atoms with Gasteiger partial charge in [-0.1, -0.05) is 23.7 Å². The van der Waals surface area contributed by atoms with Gasteiger partial charge in [-0.05, 0) is 43.5 Å². The summed E-state index contributed by atoms with van der Waals surface area (Å²) in [6.45, 7) is 2.48. The van der Waals surface area contributed by atoms with E-state index in [9.17, 15) is 14.4 Å². The largest absolute Gasteiger partial charge is 0.479 e. The smallest absolute Gasteiger partial charge is 0.347 e. The highest BCUT2D eigenvalue weighted by atomic mass is 35.5. The van der Waals surface area contributed by atoms with Gasteiger partial charge >= 0.3 is 5.97 Å². The molecule has 0 aliphatic carbocycles. The lowest BCUT2D eigenvalue weighted by molar-refractivity contribution is -0.149. The van der Waals surface area contributed by atoms with Crippen LogP contribution in [-0.2, 0) is 14.3 Å². The number of hydrogen-bond acceptors (Lipinski definition) is 6. The normalized spacial score (nSPS) is 11.4. The molecule has 2 aromatic rings. The second-order valence-corrected chi connectivity index (χ2v) is 7.13. The molecule has 1 N–H and O–H groups in total. The third-order valence-corrected chi connectivity index (χ3v) is 4.65. The summed E-state index contributed by atoms with van der Waals surface area (Å²) in [6, 6.07) is 11.5. The summed E-state index contributed by atoms with van der Waals surface area (Å²) in [7, 11) is 0. The van der Waals surface area contributed by atoms with Crippen LogP contribution in [0.3, 0.4) is 0 Å². The Morgan fingerprint density at radius 3 is 2.57 bits per heavy atom. The number of amides is 1. The molecule has 0 heterocycles. The maximum atomic E-state index is 12.4. The van der Waals surface area contributed by atoms with Crippen LogP contribution in [0, 0.1) is 0 Å². The van der Waals surface area contributed by atoms with Crippen LogP contribution in [0.4, 0.5) is 5.69 Å². The first-order valence-electron chi connectivity index (χ1n) is 8.38. The number of ether oxygens (including phenoxy) is 2. The summed E-state index contributed by atoms with van der Waals surface area (Å²) >= 11 is 7.32.